The molecule has 0 spiro atoms. The van der Waals surface area contributed by atoms with Crippen LogP contribution < -0.4 is 0 Å². The first-order valence-electron chi connectivity index (χ1n) is 4.27. The van der Waals surface area contributed by atoms with E-state index in [1.807, 2.05) is 0 Å². The Morgan fingerprint density at radius 3 is 2.07 bits per heavy atom. The van der Waals surface area contributed by atoms with Crippen LogP contribution in [0.4, 0.5) is 17.6 Å². The molecule has 1 rings (SSSR count). The molecule has 0 aromatic carbocycles. The summed E-state index contributed by atoms with van der Waals surface area (Å²) >= 11 is 0. The fraction of sp³-hybridized carbons (Fsp3) is 0.875. The summed E-state index contributed by atoms with van der Waals surface area (Å²) in [6, 6.07) is 0. The van der Waals surface area contributed by atoms with Crippen molar-refractivity contribution in [2.24, 2.45) is 0 Å². The monoisotopic (exact) mass is 213 g/mol. The molecule has 0 aromatic rings. The van der Waals surface area contributed by atoms with Crippen LogP contribution in [-0.4, -0.2) is 35.7 Å². The van der Waals surface area contributed by atoms with Crippen molar-refractivity contribution >= 4 is 5.91 Å². The van der Waals surface area contributed by atoms with Gasteiger partial charge in [0.1, 0.15) is 5.67 Å². The first kappa shape index (κ1) is 11.3. The third-order valence-electron chi connectivity index (χ3n) is 2.34. The van der Waals surface area contributed by atoms with E-state index in [4.69, 9.17) is 0 Å². The summed E-state index contributed by atoms with van der Waals surface area (Å²) in [6.07, 6.45) is -4.91. The number of carbonyl (C=O) groups is 1. The molecule has 1 aliphatic rings. The number of carbonyl (C=O) groups excluding carboxylic acids is 1. The largest absolute Gasteiger partial charge is 0.471 e. The highest BCUT2D eigenvalue weighted by molar-refractivity contribution is 5.81. The van der Waals surface area contributed by atoms with Gasteiger partial charge in [-0.25, -0.2) is 4.39 Å². The topological polar surface area (TPSA) is 20.3 Å². The molecular weight excluding hydrogens is 202 g/mol. The second-order valence-electron chi connectivity index (χ2n) is 3.70. The van der Waals surface area contributed by atoms with Gasteiger partial charge in [-0.15, -0.1) is 0 Å². The lowest BCUT2D eigenvalue weighted by molar-refractivity contribution is -0.187. The minimum absolute atomic E-state index is 0.0329. The number of alkyl halides is 4. The highest BCUT2D eigenvalue weighted by Crippen LogP contribution is 2.28. The normalized spacial score (nSPS) is 22.2. The van der Waals surface area contributed by atoms with E-state index in [1.54, 1.807) is 0 Å². The first-order valence-corrected chi connectivity index (χ1v) is 4.27. The molecule has 0 radical (unpaired) electrons. The van der Waals surface area contributed by atoms with Crippen molar-refractivity contribution in [3.63, 3.8) is 0 Å². The van der Waals surface area contributed by atoms with Crippen LogP contribution in [0.25, 0.3) is 0 Å². The van der Waals surface area contributed by atoms with Gasteiger partial charge in [-0.2, -0.15) is 13.2 Å². The predicted octanol–water partition coefficient (Wildman–Crippen LogP) is 1.90. The maximum absolute atomic E-state index is 13.2. The van der Waals surface area contributed by atoms with Crippen molar-refractivity contribution in [3.8, 4) is 0 Å². The van der Waals surface area contributed by atoms with Crippen molar-refractivity contribution in [2.45, 2.75) is 31.6 Å². The van der Waals surface area contributed by atoms with Crippen molar-refractivity contribution in [1.82, 2.24) is 4.90 Å². The Morgan fingerprint density at radius 1 is 1.29 bits per heavy atom. The molecule has 0 bridgehead atoms. The van der Waals surface area contributed by atoms with Gasteiger partial charge in [-0.1, -0.05) is 0 Å². The summed E-state index contributed by atoms with van der Waals surface area (Å²) in [5.74, 6) is -1.87. The number of piperidine rings is 1. The second kappa shape index (κ2) is 3.40. The third-order valence-corrected chi connectivity index (χ3v) is 2.34. The molecule has 6 heteroatoms. The molecule has 14 heavy (non-hydrogen) atoms. The Kier molecular flexibility index (Phi) is 2.74. The summed E-state index contributed by atoms with van der Waals surface area (Å²) < 4.78 is 49.0. The van der Waals surface area contributed by atoms with Crippen LogP contribution >= 0.6 is 0 Å². The number of halogens is 4. The van der Waals surface area contributed by atoms with Crippen LogP contribution in [0.5, 0.6) is 0 Å². The molecular formula is C8H11F4NO. The highest BCUT2D eigenvalue weighted by atomic mass is 19.4. The minimum Gasteiger partial charge on any atom is -0.335 e. The zero-order chi connectivity index (χ0) is 11.0. The van der Waals surface area contributed by atoms with Gasteiger partial charge < -0.3 is 4.90 Å². The summed E-state index contributed by atoms with van der Waals surface area (Å²) in [4.78, 5) is 11.4. The van der Waals surface area contributed by atoms with Gasteiger partial charge in [0.25, 0.3) is 0 Å². The number of amides is 1. The zero-order valence-electron chi connectivity index (χ0n) is 7.70. The van der Waals surface area contributed by atoms with Gasteiger partial charge in [0.2, 0.25) is 0 Å². The zero-order valence-corrected chi connectivity index (χ0v) is 7.70. The number of hydrogen-bond donors (Lipinski definition) is 0. The minimum atomic E-state index is -4.84. The van der Waals surface area contributed by atoms with Crippen LogP contribution in [0.15, 0.2) is 0 Å². The molecule has 2 nitrogen and oxygen atoms in total. The second-order valence-corrected chi connectivity index (χ2v) is 3.70. The van der Waals surface area contributed by atoms with Crippen LogP contribution in [0.1, 0.15) is 19.8 Å². The maximum atomic E-state index is 13.2. The molecule has 1 fully saturated rings. The van der Waals surface area contributed by atoms with Crippen molar-refractivity contribution in [3.05, 3.63) is 0 Å². The van der Waals surface area contributed by atoms with Crippen molar-refractivity contribution in [2.75, 3.05) is 13.1 Å². The number of hydrogen-bond acceptors (Lipinski definition) is 1. The molecule has 0 unspecified atom stereocenters. The number of likely N-dealkylation sites (tertiary alicyclic amines) is 1. The summed E-state index contributed by atoms with van der Waals surface area (Å²) in [5, 5.41) is 0. The van der Waals surface area contributed by atoms with Crippen molar-refractivity contribution in [1.29, 1.82) is 0 Å². The van der Waals surface area contributed by atoms with Crippen molar-refractivity contribution < 1.29 is 22.4 Å². The average molecular weight is 213 g/mol. The van der Waals surface area contributed by atoms with Gasteiger partial charge in [0.15, 0.2) is 0 Å². The molecule has 1 heterocycles. The first-order chi connectivity index (χ1) is 6.22. The standard InChI is InChI=1S/C8H11F4NO/c1-7(9)2-4-13(5-3-7)6(14)8(10,11)12/h2-5H2,1H3. The van der Waals surface area contributed by atoms with E-state index in [2.05, 4.69) is 0 Å². The van der Waals surface area contributed by atoms with E-state index >= 15 is 0 Å². The van der Waals surface area contributed by atoms with Crippen LogP contribution in [0.3, 0.4) is 0 Å². The fourth-order valence-corrected chi connectivity index (χ4v) is 1.36. The Labute approximate surface area is 78.9 Å². The van der Waals surface area contributed by atoms with Gasteiger partial charge in [-0.3, -0.25) is 4.79 Å². The van der Waals surface area contributed by atoms with Gasteiger partial charge in [0, 0.05) is 13.1 Å². The lowest BCUT2D eigenvalue weighted by atomic mass is 9.96. The maximum Gasteiger partial charge on any atom is 0.471 e. The Balaban J connectivity index is 2.55. The molecule has 0 atom stereocenters. The van der Waals surface area contributed by atoms with E-state index in [9.17, 15) is 22.4 Å². The quantitative estimate of drug-likeness (QED) is 0.563. The molecule has 0 aliphatic carbocycles. The molecule has 82 valence electrons. The average Bonchev–Trinajstić information content (AvgIpc) is 2.01. The smallest absolute Gasteiger partial charge is 0.335 e. The van der Waals surface area contributed by atoms with Crippen LogP contribution in [0.2, 0.25) is 0 Å². The molecule has 1 saturated heterocycles. The van der Waals surface area contributed by atoms with E-state index in [0.717, 1.165) is 0 Å². The molecule has 0 N–H and O–H groups in total. The highest BCUT2D eigenvalue weighted by Gasteiger charge is 2.44. The third kappa shape index (κ3) is 2.59. The molecule has 1 amide bonds. The van der Waals surface area contributed by atoms with E-state index < -0.39 is 17.8 Å². The van der Waals surface area contributed by atoms with Crippen LogP contribution in [0, 0.1) is 0 Å². The summed E-state index contributed by atoms with van der Waals surface area (Å²) in [6.45, 7) is 1.01. The molecule has 1 aliphatic heterocycles. The number of rotatable bonds is 0. The molecule has 0 aromatic heterocycles. The van der Waals surface area contributed by atoms with Gasteiger partial charge >= 0.3 is 12.1 Å². The summed E-state index contributed by atoms with van der Waals surface area (Å²) in [7, 11) is 0. The Morgan fingerprint density at radius 2 is 1.71 bits per heavy atom. The summed E-state index contributed by atoms with van der Waals surface area (Å²) in [5.41, 5.74) is -1.44. The van der Waals surface area contributed by atoms with Crippen LogP contribution in [-0.2, 0) is 4.79 Å². The van der Waals surface area contributed by atoms with E-state index in [0.29, 0.717) is 4.90 Å². The van der Waals surface area contributed by atoms with Gasteiger partial charge in [-0.05, 0) is 19.8 Å². The SMILES string of the molecule is CC1(F)CCN(C(=O)C(F)(F)F)CC1. The van der Waals surface area contributed by atoms with E-state index in [1.165, 1.54) is 6.92 Å². The lowest BCUT2D eigenvalue weighted by Crippen LogP contribution is -2.48. The molecule has 0 saturated carbocycles. The number of nitrogens with zero attached hydrogens (tertiary/aromatic N) is 1. The lowest BCUT2D eigenvalue weighted by Gasteiger charge is -2.34. The van der Waals surface area contributed by atoms with Gasteiger partial charge in [0.05, 0.1) is 0 Å². The fourth-order valence-electron chi connectivity index (χ4n) is 1.36. The van der Waals surface area contributed by atoms with E-state index in [-0.39, 0.29) is 25.9 Å². The Bertz CT molecular complexity index is 226. The Hall–Kier alpha value is -0.810. The predicted molar refractivity (Wildman–Crippen MR) is 41.4 cm³/mol.